The summed E-state index contributed by atoms with van der Waals surface area (Å²) < 4.78 is 27.1. The van der Waals surface area contributed by atoms with Gasteiger partial charge in [-0.25, -0.2) is 13.4 Å². The second kappa shape index (κ2) is 5.42. The van der Waals surface area contributed by atoms with Gasteiger partial charge in [0.2, 0.25) is 0 Å². The van der Waals surface area contributed by atoms with E-state index in [4.69, 9.17) is 11.0 Å². The van der Waals surface area contributed by atoms with E-state index >= 15 is 0 Å². The van der Waals surface area contributed by atoms with Gasteiger partial charge in [-0.1, -0.05) is 0 Å². The molecule has 0 unspecified atom stereocenters. The van der Waals surface area contributed by atoms with Crippen LogP contribution in [0.4, 0.5) is 11.5 Å². The molecule has 0 bridgehead atoms. The maximum atomic E-state index is 12.4. The van der Waals surface area contributed by atoms with Gasteiger partial charge in [0.1, 0.15) is 5.82 Å². The molecule has 0 fully saturated rings. The molecule has 2 rings (SSSR count). The summed E-state index contributed by atoms with van der Waals surface area (Å²) in [6, 6.07) is 7.92. The maximum Gasteiger partial charge on any atom is 0.263 e. The lowest BCUT2D eigenvalue weighted by Crippen LogP contribution is -2.15. The zero-order valence-electron chi connectivity index (χ0n) is 11.6. The fourth-order valence-electron chi connectivity index (χ4n) is 1.84. The molecule has 108 valence electrons. The number of pyridine rings is 1. The van der Waals surface area contributed by atoms with Crippen molar-refractivity contribution < 1.29 is 8.42 Å². The van der Waals surface area contributed by atoms with E-state index in [0.717, 1.165) is 5.56 Å². The number of nitrogen functional groups attached to an aromatic ring is 1. The molecule has 0 saturated heterocycles. The Labute approximate surface area is 123 Å². The minimum atomic E-state index is -3.76. The third-order valence-corrected chi connectivity index (χ3v) is 4.50. The lowest BCUT2D eigenvalue weighted by atomic mass is 10.2. The maximum absolute atomic E-state index is 12.4. The molecule has 0 atom stereocenters. The average molecular weight is 302 g/mol. The summed E-state index contributed by atoms with van der Waals surface area (Å²) in [5.41, 5.74) is 7.78. The highest BCUT2D eigenvalue weighted by atomic mass is 32.2. The van der Waals surface area contributed by atoms with Crippen molar-refractivity contribution in [2.45, 2.75) is 18.7 Å². The number of nitrogens with zero attached hydrogens (tertiary/aromatic N) is 2. The van der Waals surface area contributed by atoms with Gasteiger partial charge in [0.05, 0.1) is 28.4 Å². The van der Waals surface area contributed by atoms with Crippen LogP contribution in [0.2, 0.25) is 0 Å². The Balaban J connectivity index is 2.38. The third-order valence-electron chi connectivity index (χ3n) is 2.98. The second-order valence-electron chi connectivity index (χ2n) is 4.62. The zero-order valence-corrected chi connectivity index (χ0v) is 12.4. The summed E-state index contributed by atoms with van der Waals surface area (Å²) in [6.07, 6.45) is 1.40. The van der Waals surface area contributed by atoms with E-state index in [1.165, 1.54) is 24.4 Å². The lowest BCUT2D eigenvalue weighted by Gasteiger charge is -2.11. The Morgan fingerprint density at radius 2 is 1.95 bits per heavy atom. The Kier molecular flexibility index (Phi) is 3.82. The molecule has 3 N–H and O–H groups in total. The molecule has 1 aromatic heterocycles. The number of sulfonamides is 1. The molecular formula is C14H14N4O2S. The van der Waals surface area contributed by atoms with Crippen LogP contribution < -0.4 is 10.5 Å². The van der Waals surface area contributed by atoms with E-state index in [1.54, 1.807) is 19.9 Å². The molecule has 6 nitrogen and oxygen atoms in total. The molecule has 1 aromatic carbocycles. The van der Waals surface area contributed by atoms with Crippen molar-refractivity contribution >= 4 is 21.5 Å². The van der Waals surface area contributed by atoms with Gasteiger partial charge in [-0.3, -0.25) is 4.72 Å². The van der Waals surface area contributed by atoms with Gasteiger partial charge in [0.25, 0.3) is 10.0 Å². The van der Waals surface area contributed by atoms with Crippen LogP contribution >= 0.6 is 0 Å². The van der Waals surface area contributed by atoms with Gasteiger partial charge in [-0.15, -0.1) is 0 Å². The number of rotatable bonds is 3. The molecule has 0 saturated carbocycles. The molecule has 0 spiro atoms. The minimum absolute atomic E-state index is 0.109. The second-order valence-corrected chi connectivity index (χ2v) is 6.27. The van der Waals surface area contributed by atoms with E-state index in [9.17, 15) is 8.42 Å². The Morgan fingerprint density at radius 3 is 2.52 bits per heavy atom. The molecule has 0 radical (unpaired) electrons. The van der Waals surface area contributed by atoms with Crippen molar-refractivity contribution in [3.05, 3.63) is 47.2 Å². The first-order valence-corrected chi connectivity index (χ1v) is 7.57. The van der Waals surface area contributed by atoms with Crippen LogP contribution in [-0.2, 0) is 10.0 Å². The summed E-state index contributed by atoms with van der Waals surface area (Å²) >= 11 is 0. The fraction of sp³-hybridized carbons (Fsp3) is 0.143. The number of anilines is 2. The van der Waals surface area contributed by atoms with E-state index < -0.39 is 10.0 Å². The van der Waals surface area contributed by atoms with Gasteiger partial charge < -0.3 is 5.73 Å². The number of benzene rings is 1. The van der Waals surface area contributed by atoms with Crippen LogP contribution in [-0.4, -0.2) is 13.4 Å². The van der Waals surface area contributed by atoms with Crippen LogP contribution in [0, 0.1) is 25.2 Å². The van der Waals surface area contributed by atoms with Crippen molar-refractivity contribution in [2.75, 3.05) is 10.5 Å². The van der Waals surface area contributed by atoms with Crippen molar-refractivity contribution in [1.29, 1.82) is 5.26 Å². The van der Waals surface area contributed by atoms with E-state index in [1.807, 2.05) is 6.07 Å². The molecular weight excluding hydrogens is 288 g/mol. The SMILES string of the molecule is Cc1cc(NS(=O)(=O)c2ccc(C#N)cc2C)ncc1N. The first-order chi connectivity index (χ1) is 9.83. The van der Waals surface area contributed by atoms with Gasteiger partial charge in [-0.2, -0.15) is 5.26 Å². The van der Waals surface area contributed by atoms with Gasteiger partial charge in [0, 0.05) is 0 Å². The predicted molar refractivity (Wildman–Crippen MR) is 80.1 cm³/mol. The van der Waals surface area contributed by atoms with Crippen LogP contribution in [0.25, 0.3) is 0 Å². The molecule has 0 aliphatic rings. The molecule has 0 amide bonds. The smallest absolute Gasteiger partial charge is 0.263 e. The molecule has 2 aromatic rings. The number of nitriles is 1. The number of aryl methyl sites for hydroxylation is 2. The normalized spacial score (nSPS) is 10.9. The Bertz CT molecular complexity index is 839. The largest absolute Gasteiger partial charge is 0.397 e. The number of nitrogens with two attached hydrogens (primary N) is 1. The minimum Gasteiger partial charge on any atom is -0.397 e. The third kappa shape index (κ3) is 3.12. The van der Waals surface area contributed by atoms with Gasteiger partial charge in [0.15, 0.2) is 0 Å². The Hall–Kier alpha value is -2.59. The summed E-state index contributed by atoms with van der Waals surface area (Å²) in [5, 5.41) is 8.81. The first-order valence-electron chi connectivity index (χ1n) is 6.09. The molecule has 21 heavy (non-hydrogen) atoms. The standard InChI is InChI=1S/C14H14N4O2S/c1-9-6-14(17-8-12(9)16)18-21(19,20)13-4-3-11(7-15)5-10(13)2/h3-6,8H,16H2,1-2H3,(H,17,18). The van der Waals surface area contributed by atoms with E-state index in [-0.39, 0.29) is 10.7 Å². The number of hydrogen-bond donors (Lipinski definition) is 2. The zero-order chi connectivity index (χ0) is 15.6. The van der Waals surface area contributed by atoms with E-state index in [2.05, 4.69) is 9.71 Å². The summed E-state index contributed by atoms with van der Waals surface area (Å²) in [5.74, 6) is 0.199. The highest BCUT2D eigenvalue weighted by Gasteiger charge is 2.18. The molecule has 1 heterocycles. The lowest BCUT2D eigenvalue weighted by molar-refractivity contribution is 0.600. The number of nitrogens with one attached hydrogen (secondary N) is 1. The van der Waals surface area contributed by atoms with Gasteiger partial charge >= 0.3 is 0 Å². The van der Waals surface area contributed by atoms with Crippen LogP contribution in [0.3, 0.4) is 0 Å². The average Bonchev–Trinajstić information content (AvgIpc) is 2.42. The van der Waals surface area contributed by atoms with Crippen molar-refractivity contribution in [1.82, 2.24) is 4.98 Å². The number of hydrogen-bond acceptors (Lipinski definition) is 5. The monoisotopic (exact) mass is 302 g/mol. The van der Waals surface area contributed by atoms with Gasteiger partial charge in [-0.05, 0) is 49.2 Å². The quantitative estimate of drug-likeness (QED) is 0.900. The molecule has 0 aliphatic heterocycles. The number of aromatic nitrogens is 1. The van der Waals surface area contributed by atoms with Crippen molar-refractivity contribution in [3.8, 4) is 6.07 Å². The van der Waals surface area contributed by atoms with Crippen LogP contribution in [0.1, 0.15) is 16.7 Å². The highest BCUT2D eigenvalue weighted by molar-refractivity contribution is 7.92. The fourth-order valence-corrected chi connectivity index (χ4v) is 3.06. The van der Waals surface area contributed by atoms with Crippen LogP contribution in [0.5, 0.6) is 0 Å². The summed E-state index contributed by atoms with van der Waals surface area (Å²) in [4.78, 5) is 4.05. The predicted octanol–water partition coefficient (Wildman–Crippen LogP) is 1.95. The first kappa shape index (κ1) is 14.8. The van der Waals surface area contributed by atoms with E-state index in [0.29, 0.717) is 16.8 Å². The summed E-state index contributed by atoms with van der Waals surface area (Å²) in [6.45, 7) is 3.40. The summed E-state index contributed by atoms with van der Waals surface area (Å²) in [7, 11) is -3.76. The highest BCUT2D eigenvalue weighted by Crippen LogP contribution is 2.21. The topological polar surface area (TPSA) is 109 Å². The Morgan fingerprint density at radius 1 is 1.24 bits per heavy atom. The molecule has 0 aliphatic carbocycles. The van der Waals surface area contributed by atoms with Crippen LogP contribution in [0.15, 0.2) is 35.4 Å². The van der Waals surface area contributed by atoms with Crippen molar-refractivity contribution in [2.24, 2.45) is 0 Å². The molecule has 7 heteroatoms. The van der Waals surface area contributed by atoms with Crippen molar-refractivity contribution in [3.63, 3.8) is 0 Å².